The van der Waals surface area contributed by atoms with E-state index in [4.69, 9.17) is 30.4 Å². The number of carbonyl (C=O) groups is 1. The van der Waals surface area contributed by atoms with Crippen LogP contribution >= 0.6 is 0 Å². The Kier molecular flexibility index (Phi) is 10.7. The van der Waals surface area contributed by atoms with E-state index < -0.39 is 36.6 Å². The summed E-state index contributed by atoms with van der Waals surface area (Å²) in [5.74, 6) is -0.594. The average molecular weight is 565 g/mol. The number of phenols is 1. The Morgan fingerprint density at radius 1 is 0.976 bits per heavy atom. The lowest BCUT2D eigenvalue weighted by molar-refractivity contribution is -0.279. The fourth-order valence-electron chi connectivity index (χ4n) is 4.57. The fraction of sp³-hybridized carbons (Fsp3) is 0.333. The minimum Gasteiger partial charge on any atom is -0.508 e. The molecule has 1 aliphatic rings. The maximum absolute atomic E-state index is 12.6. The van der Waals surface area contributed by atoms with Crippen molar-refractivity contribution in [1.82, 2.24) is 5.32 Å². The van der Waals surface area contributed by atoms with Crippen LogP contribution in [0.25, 0.3) is 11.1 Å². The van der Waals surface area contributed by atoms with Crippen LogP contribution in [0.1, 0.15) is 11.1 Å². The Bertz CT molecular complexity index is 1290. The van der Waals surface area contributed by atoms with Crippen LogP contribution in [0.15, 0.2) is 83.9 Å². The number of amides is 1. The smallest absolute Gasteiger partial charge is 0.242 e. The van der Waals surface area contributed by atoms with Gasteiger partial charge < -0.3 is 45.9 Å². The summed E-state index contributed by atoms with van der Waals surface area (Å²) in [5.41, 5.74) is 14.5. The van der Waals surface area contributed by atoms with Crippen LogP contribution in [-0.2, 0) is 37.0 Å². The number of phenolic OH excluding ortho intramolecular Hbond substituents is 1. The topological polar surface area (TPSA) is 171 Å². The SMILES string of the molecule is CO[C@H]1[C@H](O)[C@@H](COCc2cccc(O)c2)OC(OCc2ccc(-c3ccccc3)cc2)[C@@H]1NC(=O)CN=C(N)N. The highest BCUT2D eigenvalue weighted by atomic mass is 16.7. The van der Waals surface area contributed by atoms with Gasteiger partial charge in [0.25, 0.3) is 0 Å². The molecule has 0 radical (unpaired) electrons. The summed E-state index contributed by atoms with van der Waals surface area (Å²) in [7, 11) is 1.43. The molecule has 5 atom stereocenters. The lowest BCUT2D eigenvalue weighted by Crippen LogP contribution is -2.65. The molecule has 11 heteroatoms. The first-order valence-electron chi connectivity index (χ1n) is 13.2. The van der Waals surface area contributed by atoms with E-state index >= 15 is 0 Å². The van der Waals surface area contributed by atoms with Crippen molar-refractivity contribution in [3.63, 3.8) is 0 Å². The molecule has 0 aromatic heterocycles. The average Bonchev–Trinajstić information content (AvgIpc) is 2.97. The van der Waals surface area contributed by atoms with Crippen LogP contribution < -0.4 is 16.8 Å². The first-order valence-corrected chi connectivity index (χ1v) is 13.2. The zero-order valence-electron chi connectivity index (χ0n) is 22.8. The second-order valence-corrected chi connectivity index (χ2v) is 9.63. The molecule has 1 amide bonds. The number of carbonyl (C=O) groups excluding carboxylic acids is 1. The van der Waals surface area contributed by atoms with Gasteiger partial charge in [-0.05, 0) is 34.4 Å². The Balaban J connectivity index is 1.46. The predicted octanol–water partition coefficient (Wildman–Crippen LogP) is 1.65. The third-order valence-electron chi connectivity index (χ3n) is 6.62. The molecule has 0 saturated carbocycles. The number of aliphatic hydroxyl groups excluding tert-OH is 1. The molecule has 7 N–H and O–H groups in total. The molecule has 218 valence electrons. The Morgan fingerprint density at radius 2 is 1.71 bits per heavy atom. The molecule has 3 aromatic carbocycles. The fourth-order valence-corrected chi connectivity index (χ4v) is 4.57. The molecule has 41 heavy (non-hydrogen) atoms. The molecule has 0 aliphatic carbocycles. The van der Waals surface area contributed by atoms with E-state index in [0.717, 1.165) is 22.3 Å². The van der Waals surface area contributed by atoms with E-state index in [0.29, 0.717) is 0 Å². The van der Waals surface area contributed by atoms with Crippen molar-refractivity contribution in [3.05, 3.63) is 90.0 Å². The van der Waals surface area contributed by atoms with Crippen LogP contribution in [0.5, 0.6) is 5.75 Å². The Morgan fingerprint density at radius 3 is 2.39 bits per heavy atom. The van der Waals surface area contributed by atoms with Gasteiger partial charge in [-0.2, -0.15) is 0 Å². The standard InChI is InChI=1S/C30H36N4O7/c1-38-28-26(34-25(36)15-33-30(31)32)29(40-17-19-10-12-22(13-11-19)21-7-3-2-4-8-21)41-24(27(28)37)18-39-16-20-6-5-9-23(35)14-20/h2-14,24,26-29,35,37H,15-18H2,1H3,(H,34,36)(H4,31,32,33)/t24-,26-,27-,28-,29?/m1/s1. The van der Waals surface area contributed by atoms with E-state index in [1.54, 1.807) is 18.2 Å². The van der Waals surface area contributed by atoms with Gasteiger partial charge in [0.1, 0.15) is 36.6 Å². The second-order valence-electron chi connectivity index (χ2n) is 9.63. The lowest BCUT2D eigenvalue weighted by Gasteiger charge is -2.44. The maximum Gasteiger partial charge on any atom is 0.242 e. The number of benzene rings is 3. The van der Waals surface area contributed by atoms with Gasteiger partial charge in [0.05, 0.1) is 19.8 Å². The molecule has 0 spiro atoms. The van der Waals surface area contributed by atoms with Crippen LogP contribution in [-0.4, -0.2) is 73.0 Å². The highest BCUT2D eigenvalue weighted by Crippen LogP contribution is 2.26. The highest BCUT2D eigenvalue weighted by Gasteiger charge is 2.47. The Labute approximate surface area is 238 Å². The van der Waals surface area contributed by atoms with Crippen molar-refractivity contribution in [2.75, 3.05) is 20.3 Å². The van der Waals surface area contributed by atoms with Gasteiger partial charge in [0.15, 0.2) is 12.2 Å². The molecular weight excluding hydrogens is 528 g/mol. The first-order chi connectivity index (χ1) is 19.8. The first kappa shape index (κ1) is 30.0. The number of methoxy groups -OCH3 is 1. The van der Waals surface area contributed by atoms with Crippen LogP contribution in [0.4, 0.5) is 0 Å². The molecule has 4 rings (SSSR count). The van der Waals surface area contributed by atoms with Gasteiger partial charge in [0, 0.05) is 7.11 Å². The summed E-state index contributed by atoms with van der Waals surface area (Å²) in [6, 6.07) is 23.7. The van der Waals surface area contributed by atoms with Gasteiger partial charge >= 0.3 is 0 Å². The zero-order chi connectivity index (χ0) is 29.2. The third kappa shape index (κ3) is 8.49. The number of ether oxygens (including phenoxy) is 4. The number of nitrogens with two attached hydrogens (primary N) is 2. The normalized spacial score (nSPS) is 22.1. The maximum atomic E-state index is 12.6. The molecule has 1 aliphatic heterocycles. The van der Waals surface area contributed by atoms with Crippen molar-refractivity contribution >= 4 is 11.9 Å². The van der Waals surface area contributed by atoms with Gasteiger partial charge in [-0.1, -0.05) is 66.7 Å². The lowest BCUT2D eigenvalue weighted by atomic mass is 9.96. The highest BCUT2D eigenvalue weighted by molar-refractivity contribution is 5.83. The third-order valence-corrected chi connectivity index (χ3v) is 6.62. The largest absolute Gasteiger partial charge is 0.508 e. The summed E-state index contributed by atoms with van der Waals surface area (Å²) in [6.07, 6.45) is -3.85. The van der Waals surface area contributed by atoms with Crippen LogP contribution in [0.2, 0.25) is 0 Å². The number of hydrogen-bond acceptors (Lipinski definition) is 8. The summed E-state index contributed by atoms with van der Waals surface area (Å²) in [4.78, 5) is 16.3. The molecule has 3 aromatic rings. The van der Waals surface area contributed by atoms with E-state index in [9.17, 15) is 15.0 Å². The molecule has 1 saturated heterocycles. The number of hydrogen-bond donors (Lipinski definition) is 5. The quantitative estimate of drug-likeness (QED) is 0.162. The number of aliphatic imine (C=N–C) groups is 1. The van der Waals surface area contributed by atoms with Crippen LogP contribution in [0, 0.1) is 0 Å². The molecule has 11 nitrogen and oxygen atoms in total. The number of aromatic hydroxyl groups is 1. The van der Waals surface area contributed by atoms with Gasteiger partial charge in [-0.15, -0.1) is 0 Å². The van der Waals surface area contributed by atoms with E-state index in [1.165, 1.54) is 7.11 Å². The number of nitrogens with one attached hydrogen (secondary N) is 1. The molecule has 1 fully saturated rings. The monoisotopic (exact) mass is 564 g/mol. The van der Waals surface area contributed by atoms with Crippen molar-refractivity contribution in [1.29, 1.82) is 0 Å². The number of rotatable bonds is 12. The molecular formula is C30H36N4O7. The van der Waals surface area contributed by atoms with Crippen LogP contribution in [0.3, 0.4) is 0 Å². The van der Waals surface area contributed by atoms with E-state index in [-0.39, 0.29) is 38.1 Å². The summed E-state index contributed by atoms with van der Waals surface area (Å²) in [5, 5.41) is 23.5. The van der Waals surface area contributed by atoms with E-state index in [1.807, 2.05) is 60.7 Å². The van der Waals surface area contributed by atoms with E-state index in [2.05, 4.69) is 10.3 Å². The molecule has 1 unspecified atom stereocenters. The summed E-state index contributed by atoms with van der Waals surface area (Å²) >= 11 is 0. The zero-order valence-corrected chi connectivity index (χ0v) is 22.8. The van der Waals surface area contributed by atoms with Crippen molar-refractivity contribution in [2.45, 2.75) is 43.9 Å². The number of aliphatic hydroxyl groups is 1. The minimum absolute atomic E-state index is 0.0109. The molecule has 1 heterocycles. The molecule has 0 bridgehead atoms. The number of guanidine groups is 1. The number of nitrogens with zero attached hydrogens (tertiary/aromatic N) is 1. The van der Waals surface area contributed by atoms with Gasteiger partial charge in [-0.3, -0.25) is 4.79 Å². The summed E-state index contributed by atoms with van der Waals surface area (Å²) < 4.78 is 23.6. The second kappa shape index (κ2) is 14.6. The minimum atomic E-state index is -1.15. The van der Waals surface area contributed by atoms with Crippen molar-refractivity contribution in [3.8, 4) is 16.9 Å². The van der Waals surface area contributed by atoms with Crippen molar-refractivity contribution < 1.29 is 34.0 Å². The Hall–Kier alpha value is -4.00. The van der Waals surface area contributed by atoms with Gasteiger partial charge in [0.2, 0.25) is 5.91 Å². The summed E-state index contributed by atoms with van der Waals surface area (Å²) in [6.45, 7) is 0.0620. The van der Waals surface area contributed by atoms with Gasteiger partial charge in [-0.25, -0.2) is 4.99 Å². The predicted molar refractivity (Wildman–Crippen MR) is 153 cm³/mol. The van der Waals surface area contributed by atoms with Crippen molar-refractivity contribution in [2.24, 2.45) is 16.5 Å².